The summed E-state index contributed by atoms with van der Waals surface area (Å²) in [5.74, 6) is -0.943. The van der Waals surface area contributed by atoms with Gasteiger partial charge in [-0.2, -0.15) is 0 Å². The van der Waals surface area contributed by atoms with Crippen LogP contribution in [0.5, 0.6) is 0 Å². The van der Waals surface area contributed by atoms with Crippen molar-refractivity contribution in [2.24, 2.45) is 5.73 Å². The zero-order valence-electron chi connectivity index (χ0n) is 7.55. The third-order valence-electron chi connectivity index (χ3n) is 1.24. The Balaban J connectivity index is 4.68. The lowest BCUT2D eigenvalue weighted by molar-refractivity contribution is -0.128. The van der Waals surface area contributed by atoms with E-state index in [0.29, 0.717) is 4.90 Å². The minimum absolute atomic E-state index is 0.349. The molecule has 6 N–H and O–H groups in total. The molecule has 0 atom stereocenters. The Morgan fingerprint density at radius 3 is 1.60 bits per heavy atom. The van der Waals surface area contributed by atoms with Gasteiger partial charge in [-0.25, -0.2) is 0 Å². The molecule has 0 rings (SSSR count). The van der Waals surface area contributed by atoms with Crippen molar-refractivity contribution in [3.05, 3.63) is 0 Å². The van der Waals surface area contributed by atoms with Crippen molar-refractivity contribution >= 4 is 21.1 Å². The summed E-state index contributed by atoms with van der Waals surface area (Å²) in [6.07, 6.45) is -2.12. The van der Waals surface area contributed by atoms with E-state index in [9.17, 15) is 13.9 Å². The molecule has 0 spiro atoms. The summed E-state index contributed by atoms with van der Waals surface area (Å²) in [7, 11) is -9.14. The third-order valence-corrected chi connectivity index (χ3v) is 2.66. The Hall–Kier alpha value is -0.270. The van der Waals surface area contributed by atoms with Gasteiger partial charge in [-0.1, -0.05) is 0 Å². The van der Waals surface area contributed by atoms with Gasteiger partial charge in [-0.15, -0.1) is 0 Å². The Morgan fingerprint density at radius 2 is 1.40 bits per heavy atom. The lowest BCUT2D eigenvalue weighted by atomic mass is 10.6. The van der Waals surface area contributed by atoms with Gasteiger partial charge in [0.25, 0.3) is 0 Å². The SMILES string of the molecule is NCC(=O)N(CP(=O)(O)O)CP(=O)(O)O. The van der Waals surface area contributed by atoms with Gasteiger partial charge in [0.2, 0.25) is 5.91 Å². The molecule has 0 unspecified atom stereocenters. The second-order valence-corrected chi connectivity index (χ2v) is 5.97. The fraction of sp³-hybridized carbons (Fsp3) is 0.750. The molecule has 0 aliphatic rings. The summed E-state index contributed by atoms with van der Waals surface area (Å²) in [6.45, 7) is -0.583. The zero-order chi connectivity index (χ0) is 12.3. The average molecular weight is 262 g/mol. The molecule has 0 aromatic rings. The van der Waals surface area contributed by atoms with Crippen LogP contribution >= 0.6 is 15.2 Å². The molecule has 0 radical (unpaired) electrons. The number of nitrogens with zero attached hydrogens (tertiary/aromatic N) is 1. The molecule has 0 aromatic carbocycles. The smallest absolute Gasteiger partial charge is 0.323 e. The second-order valence-electron chi connectivity index (χ2n) is 2.75. The normalized spacial score (nSPS) is 12.6. The monoisotopic (exact) mass is 262 g/mol. The number of rotatable bonds is 5. The van der Waals surface area contributed by atoms with E-state index in [1.165, 1.54) is 0 Å². The molecule has 0 aliphatic heterocycles. The highest BCUT2D eigenvalue weighted by Crippen LogP contribution is 2.40. The van der Waals surface area contributed by atoms with Crippen molar-refractivity contribution < 1.29 is 33.5 Å². The van der Waals surface area contributed by atoms with Gasteiger partial charge in [0.1, 0.15) is 12.6 Å². The number of nitrogens with two attached hydrogens (primary N) is 1. The van der Waals surface area contributed by atoms with Crippen LogP contribution in [0.2, 0.25) is 0 Å². The van der Waals surface area contributed by atoms with Crippen molar-refractivity contribution in [2.45, 2.75) is 0 Å². The van der Waals surface area contributed by atoms with Crippen molar-refractivity contribution in [3.63, 3.8) is 0 Å². The molecule has 0 fully saturated rings. The molecule has 15 heavy (non-hydrogen) atoms. The first-order valence-electron chi connectivity index (χ1n) is 3.62. The first-order chi connectivity index (χ1) is 6.55. The van der Waals surface area contributed by atoms with Crippen molar-refractivity contribution in [2.75, 3.05) is 19.1 Å². The van der Waals surface area contributed by atoms with Crippen LogP contribution in [0.1, 0.15) is 0 Å². The van der Waals surface area contributed by atoms with Crippen LogP contribution in [0.4, 0.5) is 0 Å². The summed E-state index contributed by atoms with van der Waals surface area (Å²) in [5.41, 5.74) is 4.91. The number of carbonyl (C=O) groups is 1. The summed E-state index contributed by atoms with van der Waals surface area (Å²) < 4.78 is 21.1. The van der Waals surface area contributed by atoms with Crippen molar-refractivity contribution in [1.82, 2.24) is 4.90 Å². The van der Waals surface area contributed by atoms with Gasteiger partial charge < -0.3 is 30.2 Å². The molecule has 1 amide bonds. The maximum atomic E-state index is 11.0. The quantitative estimate of drug-likeness (QED) is 0.357. The molecule has 9 nitrogen and oxygen atoms in total. The molecule has 0 aromatic heterocycles. The van der Waals surface area contributed by atoms with Gasteiger partial charge in [0.05, 0.1) is 6.54 Å². The molecule has 90 valence electrons. The van der Waals surface area contributed by atoms with E-state index in [2.05, 4.69) is 0 Å². The topological polar surface area (TPSA) is 161 Å². The van der Waals surface area contributed by atoms with Crippen LogP contribution in [-0.2, 0) is 13.9 Å². The molecule has 0 aliphatic carbocycles. The van der Waals surface area contributed by atoms with E-state index in [1.807, 2.05) is 0 Å². The van der Waals surface area contributed by atoms with Crippen LogP contribution in [0, 0.1) is 0 Å². The van der Waals surface area contributed by atoms with E-state index in [4.69, 9.17) is 25.3 Å². The largest absolute Gasteiger partial charge is 0.344 e. The molecular weight excluding hydrogens is 250 g/mol. The number of hydrogen-bond donors (Lipinski definition) is 5. The lowest BCUT2D eigenvalue weighted by Crippen LogP contribution is -2.37. The number of amides is 1. The molecule has 0 saturated carbocycles. The zero-order valence-corrected chi connectivity index (χ0v) is 9.34. The van der Waals surface area contributed by atoms with Gasteiger partial charge in [0, 0.05) is 0 Å². The maximum Gasteiger partial charge on any atom is 0.344 e. The highest BCUT2D eigenvalue weighted by molar-refractivity contribution is 7.52. The Bertz CT molecular complexity index is 295. The van der Waals surface area contributed by atoms with Gasteiger partial charge in [0.15, 0.2) is 0 Å². The first-order valence-corrected chi connectivity index (χ1v) is 7.21. The lowest BCUT2D eigenvalue weighted by Gasteiger charge is -2.22. The fourth-order valence-electron chi connectivity index (χ4n) is 0.776. The maximum absolute atomic E-state index is 11.0. The first kappa shape index (κ1) is 14.7. The van der Waals surface area contributed by atoms with E-state index in [-0.39, 0.29) is 0 Å². The molecule has 0 saturated heterocycles. The van der Waals surface area contributed by atoms with Crippen LogP contribution in [-0.4, -0.2) is 49.5 Å². The second kappa shape index (κ2) is 5.18. The summed E-state index contributed by atoms with van der Waals surface area (Å²) in [5, 5.41) is 0. The number of hydrogen-bond acceptors (Lipinski definition) is 4. The summed E-state index contributed by atoms with van der Waals surface area (Å²) in [4.78, 5) is 45.5. The van der Waals surface area contributed by atoms with Crippen LogP contribution in [0.3, 0.4) is 0 Å². The highest BCUT2D eigenvalue weighted by atomic mass is 31.2. The van der Waals surface area contributed by atoms with E-state index >= 15 is 0 Å². The summed E-state index contributed by atoms with van der Waals surface area (Å²) in [6, 6.07) is 0. The molecular formula is C4H12N2O7P2. The van der Waals surface area contributed by atoms with E-state index in [0.717, 1.165) is 0 Å². The minimum atomic E-state index is -4.57. The highest BCUT2D eigenvalue weighted by Gasteiger charge is 2.28. The fourth-order valence-corrected chi connectivity index (χ4v) is 2.34. The van der Waals surface area contributed by atoms with E-state index < -0.39 is 40.2 Å². The molecule has 11 heteroatoms. The Kier molecular flexibility index (Phi) is 5.08. The number of carbonyl (C=O) groups excluding carboxylic acids is 1. The van der Waals surface area contributed by atoms with Gasteiger partial charge >= 0.3 is 15.2 Å². The van der Waals surface area contributed by atoms with Crippen molar-refractivity contribution in [3.8, 4) is 0 Å². The van der Waals surface area contributed by atoms with Gasteiger partial charge in [-0.05, 0) is 0 Å². The predicted octanol–water partition coefficient (Wildman–Crippen LogP) is -1.96. The average Bonchev–Trinajstić information content (AvgIpc) is 1.96. The predicted molar refractivity (Wildman–Crippen MR) is 49.7 cm³/mol. The third kappa shape index (κ3) is 7.64. The molecule has 0 heterocycles. The standard InChI is InChI=1S/C4H12N2O7P2/c5-1-4(7)6(2-14(8,9)10)3-15(11,12)13/h1-3,5H2,(H2,8,9,10)(H2,11,12,13). The summed E-state index contributed by atoms with van der Waals surface area (Å²) >= 11 is 0. The van der Waals surface area contributed by atoms with E-state index in [1.54, 1.807) is 0 Å². The van der Waals surface area contributed by atoms with Gasteiger partial charge in [-0.3, -0.25) is 13.9 Å². The van der Waals surface area contributed by atoms with Crippen LogP contribution < -0.4 is 5.73 Å². The Labute approximate surface area is 85.2 Å². The Morgan fingerprint density at radius 1 is 1.07 bits per heavy atom. The minimum Gasteiger partial charge on any atom is -0.323 e. The van der Waals surface area contributed by atoms with Crippen LogP contribution in [0.15, 0.2) is 0 Å². The van der Waals surface area contributed by atoms with Crippen molar-refractivity contribution in [1.29, 1.82) is 0 Å². The molecule has 0 bridgehead atoms. The van der Waals surface area contributed by atoms with Crippen LogP contribution in [0.25, 0.3) is 0 Å².